The predicted molar refractivity (Wildman–Crippen MR) is 124 cm³/mol. The summed E-state index contributed by atoms with van der Waals surface area (Å²) in [7, 11) is -3.04. The number of sulfone groups is 1. The lowest BCUT2D eigenvalue weighted by Crippen LogP contribution is -2.47. The maximum Gasteiger partial charge on any atom is 0.233 e. The Morgan fingerprint density at radius 2 is 1.78 bits per heavy atom. The largest absolute Gasteiger partial charge is 0.335 e. The van der Waals surface area contributed by atoms with Gasteiger partial charge in [-0.25, -0.2) is 8.42 Å². The Balaban J connectivity index is 1.32. The highest BCUT2D eigenvalue weighted by Crippen LogP contribution is 2.40. The number of hydrogen-bond acceptors (Lipinski definition) is 6. The highest BCUT2D eigenvalue weighted by molar-refractivity contribution is 7.99. The van der Waals surface area contributed by atoms with E-state index < -0.39 is 9.84 Å². The first-order chi connectivity index (χ1) is 15.5. The van der Waals surface area contributed by atoms with E-state index in [1.165, 1.54) is 17.3 Å². The molecular weight excluding hydrogens is 444 g/mol. The summed E-state index contributed by atoms with van der Waals surface area (Å²) in [6.07, 6.45) is 7.01. The number of nitrogens with zero attached hydrogens (tertiary/aromatic N) is 4. The number of hydrogen-bond donors (Lipinski definition) is 0. The molecule has 1 aliphatic heterocycles. The molecule has 1 aromatic heterocycles. The number of aromatic nitrogens is 3. The smallest absolute Gasteiger partial charge is 0.233 e. The first-order valence-corrected chi connectivity index (χ1v) is 14.4. The van der Waals surface area contributed by atoms with Gasteiger partial charge in [-0.15, -0.1) is 10.2 Å². The van der Waals surface area contributed by atoms with Gasteiger partial charge in [0.1, 0.15) is 5.82 Å². The average molecular weight is 475 g/mol. The number of carbonyl (C=O) groups is 1. The van der Waals surface area contributed by atoms with E-state index in [1.54, 1.807) is 0 Å². The standard InChI is InChI=1S/C23H30N4O3S2/c28-21(27(19-8-4-5-9-19)20-12-13-32(29,30)16-20)15-31-23-25-24-22(18-10-11-18)26(23)14-17-6-2-1-3-7-17/h1-3,6-7,18-20H,4-5,8-16H2. The van der Waals surface area contributed by atoms with Crippen LogP contribution in [0.2, 0.25) is 0 Å². The lowest BCUT2D eigenvalue weighted by molar-refractivity contribution is -0.132. The molecule has 0 radical (unpaired) electrons. The third kappa shape index (κ3) is 4.88. The quantitative estimate of drug-likeness (QED) is 0.546. The van der Waals surface area contributed by atoms with Crippen LogP contribution in [0.5, 0.6) is 0 Å². The molecule has 9 heteroatoms. The monoisotopic (exact) mass is 474 g/mol. The first kappa shape index (κ1) is 21.9. The van der Waals surface area contributed by atoms with E-state index in [1.807, 2.05) is 23.1 Å². The van der Waals surface area contributed by atoms with Crippen molar-refractivity contribution < 1.29 is 13.2 Å². The summed E-state index contributed by atoms with van der Waals surface area (Å²) in [5.74, 6) is 2.08. The summed E-state index contributed by atoms with van der Waals surface area (Å²) in [5.41, 5.74) is 1.19. The Hall–Kier alpha value is -1.87. The molecule has 1 amide bonds. The van der Waals surface area contributed by atoms with E-state index in [0.717, 1.165) is 49.5 Å². The molecular formula is C23H30N4O3S2. The summed E-state index contributed by atoms with van der Waals surface area (Å²) in [6.45, 7) is 0.698. The minimum Gasteiger partial charge on any atom is -0.335 e. The van der Waals surface area contributed by atoms with Gasteiger partial charge in [0.2, 0.25) is 5.91 Å². The van der Waals surface area contributed by atoms with Gasteiger partial charge in [0.15, 0.2) is 15.0 Å². The summed E-state index contributed by atoms with van der Waals surface area (Å²) in [5, 5.41) is 9.66. The van der Waals surface area contributed by atoms with Crippen molar-refractivity contribution in [1.82, 2.24) is 19.7 Å². The van der Waals surface area contributed by atoms with Crippen LogP contribution in [-0.2, 0) is 21.2 Å². The van der Waals surface area contributed by atoms with E-state index in [4.69, 9.17) is 0 Å². The Labute approximate surface area is 193 Å². The van der Waals surface area contributed by atoms with Crippen molar-refractivity contribution in [1.29, 1.82) is 0 Å². The van der Waals surface area contributed by atoms with E-state index in [9.17, 15) is 13.2 Å². The van der Waals surface area contributed by atoms with E-state index in [2.05, 4.69) is 26.9 Å². The SMILES string of the molecule is O=C(CSc1nnc(C2CC2)n1Cc1ccccc1)N(C1CCCC1)C1CCS(=O)(=O)C1. The maximum atomic E-state index is 13.4. The van der Waals surface area contributed by atoms with Gasteiger partial charge in [0, 0.05) is 18.0 Å². The maximum absolute atomic E-state index is 13.4. The summed E-state index contributed by atoms with van der Waals surface area (Å²) < 4.78 is 26.3. The van der Waals surface area contributed by atoms with Crippen molar-refractivity contribution >= 4 is 27.5 Å². The Morgan fingerprint density at radius 3 is 2.44 bits per heavy atom. The van der Waals surface area contributed by atoms with Crippen molar-refractivity contribution in [2.24, 2.45) is 0 Å². The van der Waals surface area contributed by atoms with Crippen LogP contribution >= 0.6 is 11.8 Å². The second kappa shape index (κ2) is 9.17. The fourth-order valence-corrected chi connectivity index (χ4v) is 7.57. The van der Waals surface area contributed by atoms with E-state index in [0.29, 0.717) is 18.9 Å². The van der Waals surface area contributed by atoms with Gasteiger partial charge in [0.25, 0.3) is 0 Å². The van der Waals surface area contributed by atoms with Crippen LogP contribution in [-0.4, -0.2) is 63.3 Å². The van der Waals surface area contributed by atoms with E-state index in [-0.39, 0.29) is 35.2 Å². The van der Waals surface area contributed by atoms with Gasteiger partial charge in [-0.05, 0) is 37.7 Å². The molecule has 2 aliphatic carbocycles. The van der Waals surface area contributed by atoms with Gasteiger partial charge < -0.3 is 9.47 Å². The molecule has 2 saturated carbocycles. The molecule has 2 heterocycles. The second-order valence-corrected chi connectivity index (χ2v) is 12.4. The molecule has 2 aromatic rings. The molecule has 1 aromatic carbocycles. The minimum atomic E-state index is -3.04. The molecule has 3 aliphatic rings. The van der Waals surface area contributed by atoms with E-state index >= 15 is 0 Å². The Bertz CT molecular complexity index is 1060. The van der Waals surface area contributed by atoms with Crippen molar-refractivity contribution in [2.45, 2.75) is 74.6 Å². The van der Waals surface area contributed by atoms with Gasteiger partial charge in [-0.1, -0.05) is 54.9 Å². The minimum absolute atomic E-state index is 0.0335. The van der Waals surface area contributed by atoms with Gasteiger partial charge in [-0.2, -0.15) is 0 Å². The van der Waals surface area contributed by atoms with Crippen molar-refractivity contribution in [3.8, 4) is 0 Å². The van der Waals surface area contributed by atoms with Crippen LogP contribution in [0, 0.1) is 0 Å². The second-order valence-electron chi connectivity index (χ2n) is 9.27. The van der Waals surface area contributed by atoms with Gasteiger partial charge >= 0.3 is 0 Å². The number of rotatable bonds is 8. The molecule has 0 spiro atoms. The van der Waals surface area contributed by atoms with Crippen molar-refractivity contribution in [3.05, 3.63) is 41.7 Å². The molecule has 0 N–H and O–H groups in total. The fourth-order valence-electron chi connectivity index (χ4n) is 5.05. The van der Waals surface area contributed by atoms with Crippen LogP contribution < -0.4 is 0 Å². The first-order valence-electron chi connectivity index (χ1n) is 11.6. The zero-order valence-corrected chi connectivity index (χ0v) is 19.9. The molecule has 7 nitrogen and oxygen atoms in total. The molecule has 3 fully saturated rings. The van der Waals surface area contributed by atoms with Crippen molar-refractivity contribution in [3.63, 3.8) is 0 Å². The lowest BCUT2D eigenvalue weighted by Gasteiger charge is -2.34. The normalized spacial score (nSPS) is 22.9. The van der Waals surface area contributed by atoms with Crippen LogP contribution in [0.3, 0.4) is 0 Å². The molecule has 1 unspecified atom stereocenters. The summed E-state index contributed by atoms with van der Waals surface area (Å²) >= 11 is 1.43. The zero-order chi connectivity index (χ0) is 22.1. The molecule has 1 atom stereocenters. The number of amides is 1. The van der Waals surface area contributed by atoms with Gasteiger partial charge in [0.05, 0.1) is 23.8 Å². The number of thioether (sulfide) groups is 1. The molecule has 5 rings (SSSR count). The van der Waals surface area contributed by atoms with Crippen LogP contribution in [0.1, 0.15) is 62.3 Å². The number of carbonyl (C=O) groups excluding carboxylic acids is 1. The predicted octanol–water partition coefficient (Wildman–Crippen LogP) is 3.25. The third-order valence-electron chi connectivity index (χ3n) is 6.80. The van der Waals surface area contributed by atoms with Crippen molar-refractivity contribution in [2.75, 3.05) is 17.3 Å². The number of benzene rings is 1. The molecule has 172 valence electrons. The van der Waals surface area contributed by atoms with Crippen LogP contribution in [0.4, 0.5) is 0 Å². The third-order valence-corrected chi connectivity index (χ3v) is 9.51. The average Bonchev–Trinajstić information content (AvgIpc) is 3.16. The lowest BCUT2D eigenvalue weighted by atomic mass is 10.1. The fraction of sp³-hybridized carbons (Fsp3) is 0.609. The highest BCUT2D eigenvalue weighted by Gasteiger charge is 2.39. The summed E-state index contributed by atoms with van der Waals surface area (Å²) in [6, 6.07) is 10.2. The zero-order valence-electron chi connectivity index (χ0n) is 18.2. The Kier molecular flexibility index (Phi) is 6.29. The molecule has 1 saturated heterocycles. The summed E-state index contributed by atoms with van der Waals surface area (Å²) in [4.78, 5) is 15.3. The Morgan fingerprint density at radius 1 is 1.03 bits per heavy atom. The molecule has 32 heavy (non-hydrogen) atoms. The topological polar surface area (TPSA) is 85.2 Å². The molecule has 0 bridgehead atoms. The van der Waals surface area contributed by atoms with Crippen LogP contribution in [0.15, 0.2) is 35.5 Å². The van der Waals surface area contributed by atoms with Gasteiger partial charge in [-0.3, -0.25) is 4.79 Å². The highest BCUT2D eigenvalue weighted by atomic mass is 32.2. The van der Waals surface area contributed by atoms with Crippen LogP contribution in [0.25, 0.3) is 0 Å².